The van der Waals surface area contributed by atoms with E-state index < -0.39 is 0 Å². The van der Waals surface area contributed by atoms with Crippen LogP contribution in [0.25, 0.3) is 0 Å². The van der Waals surface area contributed by atoms with Gasteiger partial charge in [-0.05, 0) is 38.8 Å². The highest BCUT2D eigenvalue weighted by molar-refractivity contribution is 14.0. The number of rotatable bonds is 4. The summed E-state index contributed by atoms with van der Waals surface area (Å²) in [5.74, 6) is 0.928. The number of hydrogen-bond donors (Lipinski definition) is 2. The van der Waals surface area contributed by atoms with Gasteiger partial charge in [0, 0.05) is 22.3 Å². The Balaban J connectivity index is 0.00000180. The van der Waals surface area contributed by atoms with E-state index in [2.05, 4.69) is 53.8 Å². The lowest BCUT2D eigenvalue weighted by atomic mass is 10.2. The fraction of sp³-hybridized carbons (Fsp3) is 0.500. The van der Waals surface area contributed by atoms with Gasteiger partial charge in [-0.25, -0.2) is 4.99 Å². The lowest BCUT2D eigenvalue weighted by molar-refractivity contribution is 0.633. The lowest BCUT2D eigenvalue weighted by Gasteiger charge is -2.16. The maximum atomic E-state index is 4.64. The summed E-state index contributed by atoms with van der Waals surface area (Å²) in [6.07, 6.45) is 6.65. The van der Waals surface area contributed by atoms with E-state index in [0.29, 0.717) is 6.04 Å². The van der Waals surface area contributed by atoms with Gasteiger partial charge in [0.05, 0.1) is 6.54 Å². The van der Waals surface area contributed by atoms with Crippen LogP contribution in [-0.2, 0) is 6.54 Å². The van der Waals surface area contributed by atoms with Crippen LogP contribution in [0.4, 0.5) is 0 Å². The number of halogens is 1. The minimum absolute atomic E-state index is 0. The molecule has 1 aliphatic carbocycles. The first kappa shape index (κ1) is 16.5. The zero-order valence-corrected chi connectivity index (χ0v) is 14.6. The number of nitrogens with one attached hydrogen (secondary N) is 2. The van der Waals surface area contributed by atoms with Gasteiger partial charge < -0.3 is 10.6 Å². The number of aliphatic imine (C=N–C) groups is 1. The molecule has 0 saturated heterocycles. The quantitative estimate of drug-likeness (QED) is 0.357. The summed E-state index contributed by atoms with van der Waals surface area (Å²) in [4.78, 5) is 7.30. The van der Waals surface area contributed by atoms with E-state index in [0.717, 1.165) is 31.9 Å². The second kappa shape index (κ2) is 8.58. The van der Waals surface area contributed by atoms with Gasteiger partial charge in [0.2, 0.25) is 0 Å². The molecule has 0 aliphatic heterocycles. The van der Waals surface area contributed by atoms with Crippen molar-refractivity contribution < 1.29 is 0 Å². The summed E-state index contributed by atoms with van der Waals surface area (Å²) >= 11 is 1.82. The van der Waals surface area contributed by atoms with E-state index in [4.69, 9.17) is 0 Å². The molecule has 1 aromatic heterocycles. The van der Waals surface area contributed by atoms with Crippen LogP contribution in [-0.4, -0.2) is 18.5 Å². The molecule has 0 amide bonds. The molecule has 0 aromatic carbocycles. The van der Waals surface area contributed by atoms with Gasteiger partial charge >= 0.3 is 0 Å². The fourth-order valence-electron chi connectivity index (χ4n) is 1.98. The Labute approximate surface area is 136 Å². The molecule has 19 heavy (non-hydrogen) atoms. The largest absolute Gasteiger partial charge is 0.357 e. The fourth-order valence-corrected chi connectivity index (χ4v) is 2.79. The number of aryl methyl sites for hydroxylation is 1. The van der Waals surface area contributed by atoms with Crippen LogP contribution in [0, 0.1) is 6.92 Å². The molecule has 1 aliphatic rings. The first-order valence-electron chi connectivity index (χ1n) is 6.53. The van der Waals surface area contributed by atoms with Crippen LogP contribution in [0.15, 0.2) is 29.3 Å². The summed E-state index contributed by atoms with van der Waals surface area (Å²) in [6.45, 7) is 5.88. The molecule has 0 radical (unpaired) electrons. The highest BCUT2D eigenvalue weighted by Crippen LogP contribution is 2.15. The zero-order chi connectivity index (χ0) is 12.8. The van der Waals surface area contributed by atoms with Crippen molar-refractivity contribution >= 4 is 41.3 Å². The normalized spacial score (nSPS) is 15.4. The Kier molecular flexibility index (Phi) is 7.45. The Bertz CT molecular complexity index is 432. The minimum atomic E-state index is 0. The van der Waals surface area contributed by atoms with Crippen molar-refractivity contribution in [3.05, 3.63) is 34.0 Å². The second-order valence-corrected chi connectivity index (χ2v) is 5.86. The van der Waals surface area contributed by atoms with Crippen LogP contribution in [0.1, 0.15) is 29.5 Å². The predicted octanol–water partition coefficient (Wildman–Crippen LogP) is 3.45. The van der Waals surface area contributed by atoms with Crippen LogP contribution in [0.2, 0.25) is 0 Å². The van der Waals surface area contributed by atoms with Gasteiger partial charge in [-0.3, -0.25) is 0 Å². The standard InChI is InChI=1S/C14H21N3S.HI/c1-3-15-14(17-12-6-4-5-7-12)16-10-13-9-8-11(2)18-13;/h4-5,8-9,12H,3,6-7,10H2,1-2H3,(H2,15,16,17);1H. The highest BCUT2D eigenvalue weighted by Gasteiger charge is 2.11. The maximum Gasteiger partial charge on any atom is 0.191 e. The van der Waals surface area contributed by atoms with E-state index in [1.165, 1.54) is 9.75 Å². The average Bonchev–Trinajstić information content (AvgIpc) is 2.98. The van der Waals surface area contributed by atoms with Crippen LogP contribution < -0.4 is 10.6 Å². The van der Waals surface area contributed by atoms with E-state index in [1.54, 1.807) is 0 Å². The van der Waals surface area contributed by atoms with Crippen LogP contribution >= 0.6 is 35.3 Å². The summed E-state index contributed by atoms with van der Waals surface area (Å²) < 4.78 is 0. The predicted molar refractivity (Wildman–Crippen MR) is 94.6 cm³/mol. The molecule has 106 valence electrons. The van der Waals surface area contributed by atoms with Crippen molar-refractivity contribution in [1.29, 1.82) is 0 Å². The summed E-state index contributed by atoms with van der Waals surface area (Å²) in [5.41, 5.74) is 0. The summed E-state index contributed by atoms with van der Waals surface area (Å²) in [7, 11) is 0. The SMILES string of the molecule is CCNC(=NCc1ccc(C)s1)NC1CC=CC1.I. The first-order valence-corrected chi connectivity index (χ1v) is 7.34. The molecule has 0 unspecified atom stereocenters. The van der Waals surface area contributed by atoms with Crippen LogP contribution in [0.3, 0.4) is 0 Å². The Morgan fingerprint density at radius 3 is 2.68 bits per heavy atom. The molecular formula is C14H22IN3S. The number of thiophene rings is 1. The molecule has 3 nitrogen and oxygen atoms in total. The van der Waals surface area contributed by atoms with Crippen molar-refractivity contribution in [2.24, 2.45) is 4.99 Å². The van der Waals surface area contributed by atoms with Gasteiger partial charge in [-0.2, -0.15) is 0 Å². The monoisotopic (exact) mass is 391 g/mol. The van der Waals surface area contributed by atoms with Crippen molar-refractivity contribution in [2.75, 3.05) is 6.54 Å². The third-order valence-corrected chi connectivity index (χ3v) is 3.87. The molecular weight excluding hydrogens is 369 g/mol. The smallest absolute Gasteiger partial charge is 0.191 e. The highest BCUT2D eigenvalue weighted by atomic mass is 127. The summed E-state index contributed by atoms with van der Waals surface area (Å²) in [5, 5.41) is 6.78. The molecule has 0 fully saturated rings. The molecule has 0 bridgehead atoms. The molecule has 1 heterocycles. The van der Waals surface area contributed by atoms with Crippen molar-refractivity contribution in [3.63, 3.8) is 0 Å². The third kappa shape index (κ3) is 5.52. The van der Waals surface area contributed by atoms with Gasteiger partial charge in [-0.1, -0.05) is 12.2 Å². The number of guanidine groups is 1. The van der Waals surface area contributed by atoms with Crippen molar-refractivity contribution in [3.8, 4) is 0 Å². The number of nitrogens with zero attached hydrogens (tertiary/aromatic N) is 1. The van der Waals surface area contributed by atoms with E-state index >= 15 is 0 Å². The third-order valence-electron chi connectivity index (χ3n) is 2.88. The van der Waals surface area contributed by atoms with Crippen molar-refractivity contribution in [1.82, 2.24) is 10.6 Å². The molecule has 1 aromatic rings. The zero-order valence-electron chi connectivity index (χ0n) is 11.5. The lowest BCUT2D eigenvalue weighted by Crippen LogP contribution is -2.42. The second-order valence-electron chi connectivity index (χ2n) is 4.49. The first-order chi connectivity index (χ1) is 8.78. The van der Waals surface area contributed by atoms with Gasteiger partial charge in [0.25, 0.3) is 0 Å². The van der Waals surface area contributed by atoms with Gasteiger partial charge in [0.1, 0.15) is 0 Å². The minimum Gasteiger partial charge on any atom is -0.357 e. The van der Waals surface area contributed by atoms with Crippen molar-refractivity contribution in [2.45, 2.75) is 39.3 Å². The summed E-state index contributed by atoms with van der Waals surface area (Å²) in [6, 6.07) is 4.81. The van der Waals surface area contributed by atoms with E-state index in [9.17, 15) is 0 Å². The molecule has 0 atom stereocenters. The van der Waals surface area contributed by atoms with Crippen LogP contribution in [0.5, 0.6) is 0 Å². The molecule has 5 heteroatoms. The van der Waals surface area contributed by atoms with E-state index in [1.807, 2.05) is 11.3 Å². The molecule has 2 rings (SSSR count). The van der Waals surface area contributed by atoms with E-state index in [-0.39, 0.29) is 24.0 Å². The Morgan fingerprint density at radius 1 is 1.37 bits per heavy atom. The topological polar surface area (TPSA) is 36.4 Å². The number of hydrogen-bond acceptors (Lipinski definition) is 2. The Hall–Kier alpha value is -0.560. The molecule has 0 saturated carbocycles. The van der Waals surface area contributed by atoms with Gasteiger partial charge in [0.15, 0.2) is 5.96 Å². The maximum absolute atomic E-state index is 4.64. The Morgan fingerprint density at radius 2 is 2.11 bits per heavy atom. The average molecular weight is 391 g/mol. The molecule has 2 N–H and O–H groups in total. The van der Waals surface area contributed by atoms with Gasteiger partial charge in [-0.15, -0.1) is 35.3 Å². The molecule has 0 spiro atoms.